The predicted molar refractivity (Wildman–Crippen MR) is 110 cm³/mol. The van der Waals surface area contributed by atoms with E-state index in [9.17, 15) is 4.79 Å². The summed E-state index contributed by atoms with van der Waals surface area (Å²) in [7, 11) is 0. The monoisotopic (exact) mass is 381 g/mol. The maximum Gasteiger partial charge on any atom is 0.282 e. The molecule has 6 heteroatoms. The Hall–Kier alpha value is -2.47. The Morgan fingerprint density at radius 1 is 1.26 bits per heavy atom. The largest absolute Gasteiger partial charge is 0.493 e. The van der Waals surface area contributed by atoms with E-state index in [2.05, 4.69) is 23.9 Å². The van der Waals surface area contributed by atoms with Crippen LogP contribution in [0.15, 0.2) is 40.5 Å². The van der Waals surface area contributed by atoms with Gasteiger partial charge in [-0.05, 0) is 67.0 Å². The van der Waals surface area contributed by atoms with Crippen LogP contribution in [0.3, 0.4) is 0 Å². The van der Waals surface area contributed by atoms with Gasteiger partial charge in [0, 0.05) is 4.88 Å². The van der Waals surface area contributed by atoms with Gasteiger partial charge in [0.2, 0.25) is 0 Å². The average molecular weight is 382 g/mol. The topological polar surface area (TPSA) is 56.5 Å². The molecule has 0 N–H and O–H groups in total. The molecule has 0 spiro atoms. The maximum absolute atomic E-state index is 12.9. The zero-order valence-corrected chi connectivity index (χ0v) is 16.5. The van der Waals surface area contributed by atoms with Gasteiger partial charge in [-0.3, -0.25) is 4.79 Å². The Morgan fingerprint density at radius 2 is 2.04 bits per heavy atom. The molecule has 0 amide bonds. The van der Waals surface area contributed by atoms with Gasteiger partial charge in [-0.15, -0.1) is 11.3 Å². The van der Waals surface area contributed by atoms with E-state index in [-0.39, 0.29) is 5.56 Å². The summed E-state index contributed by atoms with van der Waals surface area (Å²) >= 11 is 1.65. The molecular formula is C21H23N3O2S. The van der Waals surface area contributed by atoms with Crippen LogP contribution < -0.4 is 10.3 Å². The minimum absolute atomic E-state index is 0.0764. The standard InChI is InChI=1S/C21H23N3O2S/c1-14(2)12-26-16-9-7-15(8-10-16)11-23-24-13-22-20-19(21(24)25)17-5-3-4-6-18(17)27-20/h7-11,13-14H,3-6,12H2,1-2H3/b23-11-. The lowest BCUT2D eigenvalue weighted by Crippen LogP contribution is -2.18. The summed E-state index contributed by atoms with van der Waals surface area (Å²) in [5.41, 5.74) is 2.02. The lowest BCUT2D eigenvalue weighted by Gasteiger charge is -2.09. The van der Waals surface area contributed by atoms with Crippen molar-refractivity contribution < 1.29 is 4.74 Å². The smallest absolute Gasteiger partial charge is 0.282 e. The molecule has 0 fully saturated rings. The quantitative estimate of drug-likeness (QED) is 0.621. The minimum Gasteiger partial charge on any atom is -0.493 e. The number of fused-ring (bicyclic) bond motifs is 3. The van der Waals surface area contributed by atoms with Crippen molar-refractivity contribution in [2.24, 2.45) is 11.0 Å². The first-order valence-electron chi connectivity index (χ1n) is 9.41. The van der Waals surface area contributed by atoms with Crippen LogP contribution in [0.2, 0.25) is 0 Å². The first kappa shape index (κ1) is 17.9. The average Bonchev–Trinajstić information content (AvgIpc) is 3.06. The molecule has 0 aliphatic heterocycles. The van der Waals surface area contributed by atoms with E-state index < -0.39 is 0 Å². The highest BCUT2D eigenvalue weighted by molar-refractivity contribution is 7.18. The Bertz CT molecular complexity index is 1030. The number of thiophene rings is 1. The molecule has 0 unspecified atom stereocenters. The molecule has 5 nitrogen and oxygen atoms in total. The molecular weight excluding hydrogens is 358 g/mol. The fourth-order valence-corrected chi connectivity index (χ4v) is 4.48. The summed E-state index contributed by atoms with van der Waals surface area (Å²) in [4.78, 5) is 19.5. The van der Waals surface area contributed by atoms with E-state index in [0.29, 0.717) is 12.5 Å². The van der Waals surface area contributed by atoms with Crippen molar-refractivity contribution in [2.45, 2.75) is 39.5 Å². The van der Waals surface area contributed by atoms with Crippen molar-refractivity contribution in [1.82, 2.24) is 9.66 Å². The summed E-state index contributed by atoms with van der Waals surface area (Å²) < 4.78 is 7.03. The van der Waals surface area contributed by atoms with Crippen molar-refractivity contribution in [3.05, 3.63) is 57.0 Å². The minimum atomic E-state index is -0.0764. The zero-order valence-electron chi connectivity index (χ0n) is 15.6. The van der Waals surface area contributed by atoms with Gasteiger partial charge in [-0.1, -0.05) is 13.8 Å². The summed E-state index contributed by atoms with van der Waals surface area (Å²) in [5, 5.41) is 5.10. The third kappa shape index (κ3) is 3.81. The van der Waals surface area contributed by atoms with Crippen LogP contribution in [-0.4, -0.2) is 22.5 Å². The van der Waals surface area contributed by atoms with Crippen LogP contribution in [-0.2, 0) is 12.8 Å². The molecule has 27 heavy (non-hydrogen) atoms. The molecule has 0 saturated carbocycles. The highest BCUT2D eigenvalue weighted by Crippen LogP contribution is 2.33. The van der Waals surface area contributed by atoms with E-state index in [1.807, 2.05) is 24.3 Å². The molecule has 0 radical (unpaired) electrons. The predicted octanol–water partition coefficient (Wildman–Crippen LogP) is 4.25. The molecule has 0 bridgehead atoms. The number of aromatic nitrogens is 2. The van der Waals surface area contributed by atoms with Crippen LogP contribution in [0.1, 0.15) is 42.7 Å². The summed E-state index contributed by atoms with van der Waals surface area (Å²) in [6.07, 6.45) is 7.57. The lowest BCUT2D eigenvalue weighted by molar-refractivity contribution is 0.271. The van der Waals surface area contributed by atoms with Crippen LogP contribution in [0.25, 0.3) is 10.2 Å². The second-order valence-electron chi connectivity index (χ2n) is 7.30. The summed E-state index contributed by atoms with van der Waals surface area (Å²) in [5.74, 6) is 1.33. The SMILES string of the molecule is CC(C)COc1ccc(/C=N\n2cnc3sc4c(c3c2=O)CCCC4)cc1. The van der Waals surface area contributed by atoms with Gasteiger partial charge in [0.05, 0.1) is 18.2 Å². The molecule has 3 aromatic rings. The second kappa shape index (κ2) is 7.64. The molecule has 0 saturated heterocycles. The van der Waals surface area contributed by atoms with Gasteiger partial charge in [-0.25, -0.2) is 4.98 Å². The van der Waals surface area contributed by atoms with Gasteiger partial charge < -0.3 is 4.74 Å². The molecule has 1 aliphatic rings. The first-order valence-corrected chi connectivity index (χ1v) is 10.2. The van der Waals surface area contributed by atoms with Crippen LogP contribution in [0.4, 0.5) is 0 Å². The molecule has 4 rings (SSSR count). The zero-order chi connectivity index (χ0) is 18.8. The number of ether oxygens (including phenoxy) is 1. The van der Waals surface area contributed by atoms with Gasteiger partial charge >= 0.3 is 0 Å². The number of hydrogen-bond acceptors (Lipinski definition) is 5. The van der Waals surface area contributed by atoms with E-state index in [0.717, 1.165) is 40.8 Å². The first-order chi connectivity index (χ1) is 13.1. The number of rotatable bonds is 5. The summed E-state index contributed by atoms with van der Waals surface area (Å²) in [6.45, 7) is 4.93. The fourth-order valence-electron chi connectivity index (χ4n) is 3.26. The van der Waals surface area contributed by atoms with Crippen molar-refractivity contribution in [3.8, 4) is 5.75 Å². The Morgan fingerprint density at radius 3 is 2.81 bits per heavy atom. The van der Waals surface area contributed by atoms with Crippen LogP contribution in [0.5, 0.6) is 5.75 Å². The van der Waals surface area contributed by atoms with Crippen molar-refractivity contribution in [2.75, 3.05) is 6.61 Å². The van der Waals surface area contributed by atoms with Crippen LogP contribution >= 0.6 is 11.3 Å². The maximum atomic E-state index is 12.9. The Labute approximate surface area is 162 Å². The molecule has 2 aromatic heterocycles. The van der Waals surface area contributed by atoms with Crippen molar-refractivity contribution in [3.63, 3.8) is 0 Å². The van der Waals surface area contributed by atoms with Gasteiger partial charge in [0.1, 0.15) is 16.9 Å². The molecule has 1 aliphatic carbocycles. The Kier molecular flexibility index (Phi) is 5.07. The number of nitrogens with zero attached hydrogens (tertiary/aromatic N) is 3. The fraction of sp³-hybridized carbons (Fsp3) is 0.381. The van der Waals surface area contributed by atoms with E-state index in [4.69, 9.17) is 4.74 Å². The Balaban J connectivity index is 1.58. The third-order valence-corrected chi connectivity index (χ3v) is 5.85. The van der Waals surface area contributed by atoms with Crippen LogP contribution in [0, 0.1) is 5.92 Å². The van der Waals surface area contributed by atoms with Gasteiger partial charge in [0.15, 0.2) is 0 Å². The lowest BCUT2D eigenvalue weighted by atomic mass is 9.97. The van der Waals surface area contributed by atoms with Crippen molar-refractivity contribution >= 4 is 27.8 Å². The van der Waals surface area contributed by atoms with Gasteiger partial charge in [-0.2, -0.15) is 9.78 Å². The summed E-state index contributed by atoms with van der Waals surface area (Å²) in [6, 6.07) is 7.71. The number of hydrogen-bond donors (Lipinski definition) is 0. The molecule has 2 heterocycles. The third-order valence-electron chi connectivity index (χ3n) is 4.65. The van der Waals surface area contributed by atoms with Gasteiger partial charge in [0.25, 0.3) is 5.56 Å². The van der Waals surface area contributed by atoms with E-state index >= 15 is 0 Å². The highest BCUT2D eigenvalue weighted by atomic mass is 32.1. The normalized spacial score (nSPS) is 14.2. The highest BCUT2D eigenvalue weighted by Gasteiger charge is 2.19. The van der Waals surface area contributed by atoms with E-state index in [1.54, 1.807) is 17.6 Å². The molecule has 140 valence electrons. The van der Waals surface area contributed by atoms with Crippen molar-refractivity contribution in [1.29, 1.82) is 0 Å². The van der Waals surface area contributed by atoms with E-state index in [1.165, 1.54) is 27.9 Å². The number of aryl methyl sites for hydroxylation is 2. The molecule has 1 aromatic carbocycles. The second-order valence-corrected chi connectivity index (χ2v) is 8.39. The molecule has 0 atom stereocenters. The number of benzene rings is 1.